The van der Waals surface area contributed by atoms with Gasteiger partial charge in [-0.05, 0) is 42.3 Å². The van der Waals surface area contributed by atoms with Crippen molar-refractivity contribution in [3.8, 4) is 5.75 Å². The highest BCUT2D eigenvalue weighted by Crippen LogP contribution is 2.34. The molecule has 0 heterocycles. The SMILES string of the molecule is COc1ccc(C(=O)N[C@@H](C(=O)NNc2ccccc2C(F)(F)F)C(C)C)cc1. The van der Waals surface area contributed by atoms with Gasteiger partial charge in [-0.3, -0.25) is 20.4 Å². The molecule has 0 aromatic heterocycles. The Kier molecular flexibility index (Phi) is 7.08. The first-order valence-electron chi connectivity index (χ1n) is 8.80. The molecule has 3 N–H and O–H groups in total. The zero-order chi connectivity index (χ0) is 21.6. The molecule has 2 aromatic carbocycles. The van der Waals surface area contributed by atoms with E-state index in [2.05, 4.69) is 16.2 Å². The molecule has 156 valence electrons. The van der Waals surface area contributed by atoms with E-state index in [1.165, 1.54) is 25.3 Å². The van der Waals surface area contributed by atoms with Gasteiger partial charge >= 0.3 is 6.18 Å². The van der Waals surface area contributed by atoms with Crippen LogP contribution in [0.5, 0.6) is 5.75 Å². The number of ether oxygens (including phenoxy) is 1. The lowest BCUT2D eigenvalue weighted by Gasteiger charge is -2.23. The second kappa shape index (κ2) is 9.31. The number of hydrazine groups is 1. The van der Waals surface area contributed by atoms with Gasteiger partial charge in [0.05, 0.1) is 18.4 Å². The third-order valence-corrected chi connectivity index (χ3v) is 4.14. The summed E-state index contributed by atoms with van der Waals surface area (Å²) in [4.78, 5) is 24.9. The van der Waals surface area contributed by atoms with Crippen LogP contribution in [0.3, 0.4) is 0 Å². The second-order valence-electron chi connectivity index (χ2n) is 6.58. The molecule has 0 fully saturated rings. The normalized spacial score (nSPS) is 12.2. The van der Waals surface area contributed by atoms with Gasteiger partial charge in [0.25, 0.3) is 11.8 Å². The first-order valence-corrected chi connectivity index (χ1v) is 8.80. The minimum atomic E-state index is -4.58. The van der Waals surface area contributed by atoms with Gasteiger partial charge in [-0.1, -0.05) is 26.0 Å². The van der Waals surface area contributed by atoms with Crippen molar-refractivity contribution >= 4 is 17.5 Å². The molecular weight excluding hydrogens is 387 g/mol. The number of benzene rings is 2. The smallest absolute Gasteiger partial charge is 0.418 e. The quantitative estimate of drug-likeness (QED) is 0.611. The Morgan fingerprint density at radius 2 is 1.62 bits per heavy atom. The Morgan fingerprint density at radius 1 is 1.00 bits per heavy atom. The van der Waals surface area contributed by atoms with E-state index >= 15 is 0 Å². The van der Waals surface area contributed by atoms with Gasteiger partial charge in [0, 0.05) is 5.56 Å². The van der Waals surface area contributed by atoms with E-state index in [0.717, 1.165) is 6.07 Å². The molecule has 0 aliphatic rings. The number of hydrogen-bond acceptors (Lipinski definition) is 4. The van der Waals surface area contributed by atoms with E-state index in [1.807, 2.05) is 0 Å². The van der Waals surface area contributed by atoms with Gasteiger partial charge in [-0.2, -0.15) is 13.2 Å². The summed E-state index contributed by atoms with van der Waals surface area (Å²) >= 11 is 0. The minimum Gasteiger partial charge on any atom is -0.497 e. The van der Waals surface area contributed by atoms with E-state index in [9.17, 15) is 22.8 Å². The molecule has 0 aliphatic carbocycles. The third-order valence-electron chi connectivity index (χ3n) is 4.14. The largest absolute Gasteiger partial charge is 0.497 e. The topological polar surface area (TPSA) is 79.5 Å². The van der Waals surface area contributed by atoms with Gasteiger partial charge in [0.15, 0.2) is 0 Å². The van der Waals surface area contributed by atoms with Crippen LogP contribution in [-0.2, 0) is 11.0 Å². The first-order chi connectivity index (χ1) is 13.6. The highest BCUT2D eigenvalue weighted by molar-refractivity contribution is 5.97. The fourth-order valence-corrected chi connectivity index (χ4v) is 2.55. The van der Waals surface area contributed by atoms with E-state index in [0.29, 0.717) is 11.3 Å². The molecular formula is C20H22F3N3O3. The van der Waals surface area contributed by atoms with Crippen LogP contribution >= 0.6 is 0 Å². The van der Waals surface area contributed by atoms with Crippen LogP contribution in [0, 0.1) is 5.92 Å². The Hall–Kier alpha value is -3.23. The van der Waals surface area contributed by atoms with Crippen molar-refractivity contribution in [1.82, 2.24) is 10.7 Å². The molecule has 0 unspecified atom stereocenters. The van der Waals surface area contributed by atoms with E-state index < -0.39 is 29.6 Å². The van der Waals surface area contributed by atoms with Crippen molar-refractivity contribution in [3.05, 3.63) is 59.7 Å². The van der Waals surface area contributed by atoms with Crippen molar-refractivity contribution in [2.45, 2.75) is 26.1 Å². The van der Waals surface area contributed by atoms with Gasteiger partial charge in [0.2, 0.25) is 0 Å². The molecule has 6 nitrogen and oxygen atoms in total. The number of halogens is 3. The molecule has 29 heavy (non-hydrogen) atoms. The predicted octanol–water partition coefficient (Wildman–Crippen LogP) is 3.61. The Balaban J connectivity index is 2.07. The van der Waals surface area contributed by atoms with Crippen LogP contribution in [0.25, 0.3) is 0 Å². The number of nitrogens with one attached hydrogen (secondary N) is 3. The molecule has 1 atom stereocenters. The summed E-state index contributed by atoms with van der Waals surface area (Å²) in [6.45, 7) is 3.42. The lowest BCUT2D eigenvalue weighted by Crippen LogP contribution is -2.51. The van der Waals surface area contributed by atoms with Crippen LogP contribution < -0.4 is 20.9 Å². The molecule has 9 heteroatoms. The summed E-state index contributed by atoms with van der Waals surface area (Å²) in [5.74, 6) is -0.889. The Morgan fingerprint density at radius 3 is 2.17 bits per heavy atom. The Labute approximate surface area is 166 Å². The minimum absolute atomic E-state index is 0.294. The zero-order valence-electron chi connectivity index (χ0n) is 16.1. The standard InChI is InChI=1S/C20H22F3N3O3/c1-12(2)17(24-18(27)13-8-10-14(29-3)11-9-13)19(28)26-25-16-7-5-4-6-15(16)20(21,22)23/h4-12,17,25H,1-3H3,(H,24,27)(H,26,28)/t17-/m1/s1. The van der Waals surface area contributed by atoms with Crippen LogP contribution in [-0.4, -0.2) is 25.0 Å². The lowest BCUT2D eigenvalue weighted by molar-refractivity contribution is -0.137. The van der Waals surface area contributed by atoms with Gasteiger partial charge in [0.1, 0.15) is 11.8 Å². The predicted molar refractivity (Wildman–Crippen MR) is 102 cm³/mol. The maximum absolute atomic E-state index is 13.1. The number of carbonyl (C=O) groups is 2. The first kappa shape index (κ1) is 22.1. The van der Waals surface area contributed by atoms with Crippen molar-refractivity contribution in [2.75, 3.05) is 12.5 Å². The summed E-state index contributed by atoms with van der Waals surface area (Å²) < 4.78 is 44.2. The van der Waals surface area contributed by atoms with Gasteiger partial charge in [-0.15, -0.1) is 0 Å². The van der Waals surface area contributed by atoms with Gasteiger partial charge < -0.3 is 10.1 Å². The van der Waals surface area contributed by atoms with E-state index in [-0.39, 0.29) is 11.6 Å². The number of amides is 2. The van der Waals surface area contributed by atoms with Crippen LogP contribution in [0.4, 0.5) is 18.9 Å². The molecule has 0 spiro atoms. The Bertz CT molecular complexity index is 852. The number of anilines is 1. The number of hydrogen-bond donors (Lipinski definition) is 3. The lowest BCUT2D eigenvalue weighted by atomic mass is 10.0. The molecule has 0 aliphatic heterocycles. The average molecular weight is 409 g/mol. The number of methoxy groups -OCH3 is 1. The monoisotopic (exact) mass is 409 g/mol. The van der Waals surface area contributed by atoms with E-state index in [4.69, 9.17) is 4.74 Å². The van der Waals surface area contributed by atoms with Crippen LogP contribution in [0.2, 0.25) is 0 Å². The number of alkyl halides is 3. The number of rotatable bonds is 7. The molecule has 2 rings (SSSR count). The van der Waals surface area contributed by atoms with Crippen molar-refractivity contribution in [3.63, 3.8) is 0 Å². The van der Waals surface area contributed by atoms with Crippen LogP contribution in [0.1, 0.15) is 29.8 Å². The zero-order valence-corrected chi connectivity index (χ0v) is 16.1. The fraction of sp³-hybridized carbons (Fsp3) is 0.300. The molecule has 2 aromatic rings. The summed E-state index contributed by atoms with van der Waals surface area (Å²) in [6.07, 6.45) is -4.58. The molecule has 0 saturated heterocycles. The molecule has 0 bridgehead atoms. The summed E-state index contributed by atoms with van der Waals surface area (Å²) in [6, 6.07) is 10.1. The second-order valence-corrected chi connectivity index (χ2v) is 6.58. The summed E-state index contributed by atoms with van der Waals surface area (Å²) in [5, 5.41) is 2.60. The molecule has 2 amide bonds. The highest BCUT2D eigenvalue weighted by atomic mass is 19.4. The van der Waals surface area contributed by atoms with Crippen molar-refractivity contribution < 1.29 is 27.5 Å². The number of carbonyl (C=O) groups excluding carboxylic acids is 2. The summed E-state index contributed by atoms with van der Waals surface area (Å²) in [7, 11) is 1.50. The van der Waals surface area contributed by atoms with E-state index in [1.54, 1.807) is 38.1 Å². The molecule has 0 radical (unpaired) electrons. The third kappa shape index (κ3) is 5.87. The van der Waals surface area contributed by atoms with Gasteiger partial charge in [-0.25, -0.2) is 0 Å². The van der Waals surface area contributed by atoms with Crippen LogP contribution in [0.15, 0.2) is 48.5 Å². The summed E-state index contributed by atoms with van der Waals surface area (Å²) in [5.41, 5.74) is 3.65. The van der Waals surface area contributed by atoms with Crippen molar-refractivity contribution in [2.24, 2.45) is 5.92 Å². The maximum Gasteiger partial charge on any atom is 0.418 e. The van der Waals surface area contributed by atoms with Crippen molar-refractivity contribution in [1.29, 1.82) is 0 Å². The molecule has 0 saturated carbocycles. The maximum atomic E-state index is 13.1. The highest BCUT2D eigenvalue weighted by Gasteiger charge is 2.33. The fourth-order valence-electron chi connectivity index (χ4n) is 2.55. The number of para-hydroxylation sites is 1. The average Bonchev–Trinajstić information content (AvgIpc) is 2.69.